The van der Waals surface area contributed by atoms with Gasteiger partial charge in [0, 0.05) is 13.2 Å². The third-order valence-electron chi connectivity index (χ3n) is 2.27. The maximum absolute atomic E-state index is 10.4. The van der Waals surface area contributed by atoms with E-state index in [1.54, 1.807) is 19.2 Å². The van der Waals surface area contributed by atoms with Gasteiger partial charge < -0.3 is 14.9 Å². The molecule has 0 aliphatic heterocycles. The Balaban J connectivity index is 3.12. The third-order valence-corrected chi connectivity index (χ3v) is 2.27. The molecule has 0 radical (unpaired) electrons. The number of rotatable bonds is 4. The standard InChI is InChI=1S/C12H14O4/c1-8(16-2)11-7-10(13)5-3-9(11)4-6-12(14)15/h3-8,13H,1-2H3,(H,14,15)/b6-4+. The highest BCUT2D eigenvalue weighted by Crippen LogP contribution is 2.25. The number of ether oxygens (including phenoxy) is 1. The lowest BCUT2D eigenvalue weighted by Crippen LogP contribution is -1.98. The molecule has 1 aromatic carbocycles. The summed E-state index contributed by atoms with van der Waals surface area (Å²) < 4.78 is 5.15. The number of aromatic hydroxyl groups is 1. The van der Waals surface area contributed by atoms with Crippen LogP contribution in [-0.4, -0.2) is 23.3 Å². The number of aliphatic carboxylic acids is 1. The van der Waals surface area contributed by atoms with E-state index >= 15 is 0 Å². The van der Waals surface area contributed by atoms with Gasteiger partial charge in [0.15, 0.2) is 0 Å². The van der Waals surface area contributed by atoms with Crippen LogP contribution in [0.5, 0.6) is 5.75 Å². The van der Waals surface area contributed by atoms with Crippen LogP contribution in [0.15, 0.2) is 24.3 Å². The van der Waals surface area contributed by atoms with Gasteiger partial charge in [-0.2, -0.15) is 0 Å². The van der Waals surface area contributed by atoms with Crippen molar-refractivity contribution in [2.45, 2.75) is 13.0 Å². The number of phenolic OH excluding ortho intramolecular Hbond substituents is 1. The zero-order valence-electron chi connectivity index (χ0n) is 9.18. The van der Waals surface area contributed by atoms with Crippen molar-refractivity contribution in [3.63, 3.8) is 0 Å². The lowest BCUT2D eigenvalue weighted by Gasteiger charge is -2.13. The Morgan fingerprint density at radius 2 is 2.19 bits per heavy atom. The Morgan fingerprint density at radius 1 is 1.50 bits per heavy atom. The van der Waals surface area contributed by atoms with Crippen LogP contribution < -0.4 is 0 Å². The van der Waals surface area contributed by atoms with Crippen molar-refractivity contribution in [2.24, 2.45) is 0 Å². The van der Waals surface area contributed by atoms with Crippen LogP contribution in [0.25, 0.3) is 6.08 Å². The van der Waals surface area contributed by atoms with E-state index in [0.29, 0.717) is 0 Å². The van der Waals surface area contributed by atoms with Gasteiger partial charge >= 0.3 is 5.97 Å². The minimum absolute atomic E-state index is 0.131. The van der Waals surface area contributed by atoms with E-state index in [1.165, 1.54) is 12.1 Å². The fourth-order valence-corrected chi connectivity index (χ4v) is 1.35. The first-order valence-corrected chi connectivity index (χ1v) is 4.81. The molecule has 2 N–H and O–H groups in total. The molecule has 0 saturated carbocycles. The largest absolute Gasteiger partial charge is 0.508 e. The molecule has 0 fully saturated rings. The van der Waals surface area contributed by atoms with Gasteiger partial charge in [-0.05, 0) is 36.3 Å². The second-order valence-electron chi connectivity index (χ2n) is 3.36. The number of hydrogen-bond donors (Lipinski definition) is 2. The van der Waals surface area contributed by atoms with Gasteiger partial charge in [-0.3, -0.25) is 0 Å². The molecule has 0 aliphatic rings. The zero-order chi connectivity index (χ0) is 12.1. The summed E-state index contributed by atoms with van der Waals surface area (Å²) in [5.74, 6) is -0.879. The monoisotopic (exact) mass is 222 g/mol. The van der Waals surface area contributed by atoms with Gasteiger partial charge in [0.1, 0.15) is 5.75 Å². The summed E-state index contributed by atoms with van der Waals surface area (Å²) in [6.45, 7) is 1.83. The Bertz CT molecular complexity index is 409. The molecule has 1 unspecified atom stereocenters. The van der Waals surface area contributed by atoms with Crippen LogP contribution in [-0.2, 0) is 9.53 Å². The molecule has 0 bridgehead atoms. The molecule has 4 nitrogen and oxygen atoms in total. The molecule has 0 aromatic heterocycles. The molecule has 0 spiro atoms. The molecule has 0 heterocycles. The van der Waals surface area contributed by atoms with Crippen LogP contribution in [0.2, 0.25) is 0 Å². The maximum Gasteiger partial charge on any atom is 0.328 e. The van der Waals surface area contributed by atoms with Crippen molar-refractivity contribution in [1.29, 1.82) is 0 Å². The maximum atomic E-state index is 10.4. The molecule has 1 atom stereocenters. The van der Waals surface area contributed by atoms with Gasteiger partial charge in [-0.1, -0.05) is 6.07 Å². The van der Waals surface area contributed by atoms with E-state index in [0.717, 1.165) is 17.2 Å². The number of carboxylic acids is 1. The van der Waals surface area contributed by atoms with Crippen molar-refractivity contribution in [1.82, 2.24) is 0 Å². The number of carbonyl (C=O) groups is 1. The van der Waals surface area contributed by atoms with Crippen molar-refractivity contribution in [3.05, 3.63) is 35.4 Å². The molecular weight excluding hydrogens is 208 g/mol. The minimum Gasteiger partial charge on any atom is -0.508 e. The van der Waals surface area contributed by atoms with Crippen molar-refractivity contribution in [2.75, 3.05) is 7.11 Å². The smallest absolute Gasteiger partial charge is 0.328 e. The Kier molecular flexibility index (Phi) is 4.08. The number of hydrogen-bond acceptors (Lipinski definition) is 3. The van der Waals surface area contributed by atoms with Crippen molar-refractivity contribution >= 4 is 12.0 Å². The lowest BCUT2D eigenvalue weighted by atomic mass is 10.0. The number of phenols is 1. The van der Waals surface area contributed by atoms with E-state index < -0.39 is 5.97 Å². The van der Waals surface area contributed by atoms with Gasteiger partial charge in [0.2, 0.25) is 0 Å². The van der Waals surface area contributed by atoms with E-state index in [1.807, 2.05) is 6.92 Å². The summed E-state index contributed by atoms with van der Waals surface area (Å²) >= 11 is 0. The van der Waals surface area contributed by atoms with Crippen LogP contribution in [0.4, 0.5) is 0 Å². The van der Waals surface area contributed by atoms with E-state index in [9.17, 15) is 9.90 Å². The fraction of sp³-hybridized carbons (Fsp3) is 0.250. The van der Waals surface area contributed by atoms with E-state index in [-0.39, 0.29) is 11.9 Å². The normalized spacial score (nSPS) is 12.9. The highest BCUT2D eigenvalue weighted by atomic mass is 16.5. The summed E-state index contributed by atoms with van der Waals surface area (Å²) in [7, 11) is 1.55. The summed E-state index contributed by atoms with van der Waals surface area (Å²) in [4.78, 5) is 10.4. The van der Waals surface area contributed by atoms with Crippen molar-refractivity contribution in [3.8, 4) is 5.75 Å². The van der Waals surface area contributed by atoms with E-state index in [4.69, 9.17) is 9.84 Å². The molecule has 4 heteroatoms. The Labute approximate surface area is 93.8 Å². The predicted molar refractivity (Wildman–Crippen MR) is 60.2 cm³/mol. The molecule has 1 rings (SSSR count). The number of methoxy groups -OCH3 is 1. The third kappa shape index (κ3) is 3.10. The first kappa shape index (κ1) is 12.3. The lowest BCUT2D eigenvalue weighted by molar-refractivity contribution is -0.131. The number of carboxylic acid groups (broad SMARTS) is 1. The Morgan fingerprint density at radius 3 is 2.75 bits per heavy atom. The first-order valence-electron chi connectivity index (χ1n) is 4.81. The minimum atomic E-state index is -1.01. The summed E-state index contributed by atoms with van der Waals surface area (Å²) in [5.41, 5.74) is 1.47. The predicted octanol–water partition coefficient (Wildman–Crippen LogP) is 2.20. The molecule has 0 amide bonds. The van der Waals surface area contributed by atoms with Gasteiger partial charge in [-0.25, -0.2) is 4.79 Å². The average Bonchev–Trinajstić information content (AvgIpc) is 2.26. The summed E-state index contributed by atoms with van der Waals surface area (Å²) in [6, 6.07) is 4.72. The highest BCUT2D eigenvalue weighted by Gasteiger charge is 2.09. The quantitative estimate of drug-likeness (QED) is 0.766. The van der Waals surface area contributed by atoms with Crippen LogP contribution in [0.1, 0.15) is 24.2 Å². The van der Waals surface area contributed by atoms with Crippen LogP contribution in [0.3, 0.4) is 0 Å². The molecule has 0 aliphatic carbocycles. The molecule has 86 valence electrons. The SMILES string of the molecule is COC(C)c1cc(O)ccc1/C=C/C(=O)O. The molecule has 0 saturated heterocycles. The topological polar surface area (TPSA) is 66.8 Å². The first-order chi connectivity index (χ1) is 7.54. The fourth-order valence-electron chi connectivity index (χ4n) is 1.35. The summed E-state index contributed by atoms with van der Waals surface area (Å²) in [5, 5.41) is 17.9. The Hall–Kier alpha value is -1.81. The molecule has 16 heavy (non-hydrogen) atoms. The molecule has 1 aromatic rings. The molecular formula is C12H14O4. The van der Waals surface area contributed by atoms with Gasteiger partial charge in [0.25, 0.3) is 0 Å². The van der Waals surface area contributed by atoms with Crippen LogP contribution >= 0.6 is 0 Å². The second-order valence-corrected chi connectivity index (χ2v) is 3.36. The van der Waals surface area contributed by atoms with Gasteiger partial charge in [-0.15, -0.1) is 0 Å². The van der Waals surface area contributed by atoms with Crippen molar-refractivity contribution < 1.29 is 19.7 Å². The second kappa shape index (κ2) is 5.32. The van der Waals surface area contributed by atoms with Gasteiger partial charge in [0.05, 0.1) is 6.10 Å². The van der Waals surface area contributed by atoms with Crippen LogP contribution in [0, 0.1) is 0 Å². The average molecular weight is 222 g/mol. The summed E-state index contributed by atoms with van der Waals surface area (Å²) in [6.07, 6.45) is 2.32. The number of benzene rings is 1. The zero-order valence-corrected chi connectivity index (χ0v) is 9.18. The highest BCUT2D eigenvalue weighted by molar-refractivity contribution is 5.85. The van der Waals surface area contributed by atoms with E-state index in [2.05, 4.69) is 0 Å².